The second kappa shape index (κ2) is 7.49. The van der Waals surface area contributed by atoms with Crippen LogP contribution in [0.2, 0.25) is 0 Å². The third-order valence-corrected chi connectivity index (χ3v) is 6.48. The molecule has 0 aliphatic heterocycles. The van der Waals surface area contributed by atoms with Crippen molar-refractivity contribution in [1.29, 1.82) is 0 Å². The van der Waals surface area contributed by atoms with Gasteiger partial charge in [0.1, 0.15) is 0 Å². The Kier molecular flexibility index (Phi) is 5.83. The van der Waals surface area contributed by atoms with Crippen LogP contribution >= 0.6 is 0 Å². The summed E-state index contributed by atoms with van der Waals surface area (Å²) in [6, 6.07) is 5.25. The molecule has 5 nitrogen and oxygen atoms in total. The van der Waals surface area contributed by atoms with Crippen LogP contribution in [0.4, 0.5) is 0 Å². The van der Waals surface area contributed by atoms with Gasteiger partial charge >= 0.3 is 0 Å². The minimum atomic E-state index is -3.30. The molecule has 0 aliphatic carbocycles. The van der Waals surface area contributed by atoms with Gasteiger partial charge in [0.25, 0.3) is 0 Å². The fourth-order valence-electron chi connectivity index (χ4n) is 2.56. The number of aryl methyl sites for hydroxylation is 3. The second-order valence-corrected chi connectivity index (χ2v) is 8.43. The van der Waals surface area contributed by atoms with Crippen LogP contribution in [0.3, 0.4) is 0 Å². The van der Waals surface area contributed by atoms with E-state index in [1.807, 2.05) is 51.7 Å². The summed E-state index contributed by atoms with van der Waals surface area (Å²) in [5, 5.41) is 7.58. The lowest BCUT2D eigenvalue weighted by Gasteiger charge is -2.17. The molecule has 0 spiro atoms. The van der Waals surface area contributed by atoms with Crippen LogP contribution in [0, 0.1) is 20.8 Å². The summed E-state index contributed by atoms with van der Waals surface area (Å²) in [7, 11) is -1.40. The topological polar surface area (TPSA) is 64.0 Å². The van der Waals surface area contributed by atoms with Crippen LogP contribution in [0.25, 0.3) is 0 Å². The minimum absolute atomic E-state index is 0.0868. The molecule has 0 fully saturated rings. The maximum Gasteiger partial charge on any atom is 0.179 e. The predicted octanol–water partition coefficient (Wildman–Crippen LogP) is 2.69. The second-order valence-electron chi connectivity index (χ2n) is 6.39. The standard InChI is InChI=1S/C18H27N3O2S/c1-6-17(19-10-16-11-20-21(5)15(16)4)12-24(22,23)18-8-7-13(2)14(3)9-18/h7-9,11,17,19H,6,10,12H2,1-5H3. The Hall–Kier alpha value is -1.66. The van der Waals surface area contributed by atoms with Crippen LogP contribution in [0.5, 0.6) is 0 Å². The molecular weight excluding hydrogens is 322 g/mol. The SMILES string of the molecule is CCC(CS(=O)(=O)c1ccc(C)c(C)c1)NCc1cnn(C)c1C. The van der Waals surface area contributed by atoms with E-state index in [2.05, 4.69) is 10.4 Å². The summed E-state index contributed by atoms with van der Waals surface area (Å²) in [4.78, 5) is 0.406. The quantitative estimate of drug-likeness (QED) is 0.835. The molecule has 1 aromatic carbocycles. The number of nitrogens with zero attached hydrogens (tertiary/aromatic N) is 2. The largest absolute Gasteiger partial charge is 0.309 e. The maximum atomic E-state index is 12.7. The molecule has 0 bridgehead atoms. The zero-order valence-corrected chi connectivity index (χ0v) is 15.9. The lowest BCUT2D eigenvalue weighted by atomic mass is 10.1. The van der Waals surface area contributed by atoms with Gasteiger partial charge in [0, 0.05) is 30.9 Å². The normalized spacial score (nSPS) is 13.2. The van der Waals surface area contributed by atoms with E-state index in [1.165, 1.54) is 0 Å². The summed E-state index contributed by atoms with van der Waals surface area (Å²) in [6.07, 6.45) is 2.58. The van der Waals surface area contributed by atoms with Crippen LogP contribution < -0.4 is 5.32 Å². The highest BCUT2D eigenvalue weighted by Crippen LogP contribution is 2.17. The van der Waals surface area contributed by atoms with Crippen molar-refractivity contribution in [3.05, 3.63) is 46.8 Å². The molecule has 132 valence electrons. The maximum absolute atomic E-state index is 12.7. The first-order valence-electron chi connectivity index (χ1n) is 8.25. The molecule has 0 saturated heterocycles. The fourth-order valence-corrected chi connectivity index (χ4v) is 4.27. The van der Waals surface area contributed by atoms with Gasteiger partial charge in [-0.1, -0.05) is 13.0 Å². The van der Waals surface area contributed by atoms with Gasteiger partial charge in [-0.15, -0.1) is 0 Å². The molecule has 1 unspecified atom stereocenters. The first-order chi connectivity index (χ1) is 11.2. The van der Waals surface area contributed by atoms with Crippen molar-refractivity contribution in [1.82, 2.24) is 15.1 Å². The Morgan fingerprint density at radius 1 is 1.21 bits per heavy atom. The molecule has 1 aromatic heterocycles. The Balaban J connectivity index is 2.08. The number of nitrogens with one attached hydrogen (secondary N) is 1. The van der Waals surface area contributed by atoms with Crippen LogP contribution in [0.1, 0.15) is 35.7 Å². The molecule has 0 amide bonds. The van der Waals surface area contributed by atoms with Gasteiger partial charge in [0.05, 0.1) is 16.8 Å². The number of hydrogen-bond donors (Lipinski definition) is 1. The van der Waals surface area contributed by atoms with E-state index in [9.17, 15) is 8.42 Å². The number of aromatic nitrogens is 2. The number of sulfone groups is 1. The van der Waals surface area contributed by atoms with E-state index >= 15 is 0 Å². The molecule has 0 saturated carbocycles. The lowest BCUT2D eigenvalue weighted by molar-refractivity contribution is 0.519. The van der Waals surface area contributed by atoms with Gasteiger partial charge in [-0.25, -0.2) is 8.42 Å². The van der Waals surface area contributed by atoms with E-state index in [0.29, 0.717) is 11.4 Å². The van der Waals surface area contributed by atoms with E-state index in [1.54, 1.807) is 12.1 Å². The predicted molar refractivity (Wildman–Crippen MR) is 96.8 cm³/mol. The molecule has 0 aliphatic rings. The van der Waals surface area contributed by atoms with Crippen molar-refractivity contribution in [3.8, 4) is 0 Å². The van der Waals surface area contributed by atoms with Crippen molar-refractivity contribution in [2.45, 2.75) is 51.6 Å². The molecule has 24 heavy (non-hydrogen) atoms. The highest BCUT2D eigenvalue weighted by molar-refractivity contribution is 7.91. The van der Waals surface area contributed by atoms with E-state index in [0.717, 1.165) is 28.8 Å². The van der Waals surface area contributed by atoms with Crippen molar-refractivity contribution >= 4 is 9.84 Å². The smallest absolute Gasteiger partial charge is 0.179 e. The molecule has 1 heterocycles. The van der Waals surface area contributed by atoms with Crippen molar-refractivity contribution in [3.63, 3.8) is 0 Å². The minimum Gasteiger partial charge on any atom is -0.309 e. The highest BCUT2D eigenvalue weighted by atomic mass is 32.2. The zero-order valence-electron chi connectivity index (χ0n) is 15.1. The van der Waals surface area contributed by atoms with Gasteiger partial charge in [0.15, 0.2) is 9.84 Å². The van der Waals surface area contributed by atoms with Gasteiger partial charge < -0.3 is 5.32 Å². The van der Waals surface area contributed by atoms with E-state index in [-0.39, 0.29) is 11.8 Å². The number of rotatable bonds is 7. The molecular formula is C18H27N3O2S. The summed E-state index contributed by atoms with van der Waals surface area (Å²) >= 11 is 0. The molecule has 1 N–H and O–H groups in total. The van der Waals surface area contributed by atoms with Crippen molar-refractivity contribution < 1.29 is 8.42 Å². The van der Waals surface area contributed by atoms with E-state index < -0.39 is 9.84 Å². The van der Waals surface area contributed by atoms with Crippen LogP contribution in [-0.2, 0) is 23.4 Å². The average molecular weight is 350 g/mol. The van der Waals surface area contributed by atoms with Gasteiger partial charge in [-0.3, -0.25) is 4.68 Å². The first kappa shape index (κ1) is 18.7. The van der Waals surface area contributed by atoms with Crippen molar-refractivity contribution in [2.24, 2.45) is 7.05 Å². The summed E-state index contributed by atoms with van der Waals surface area (Å²) < 4.78 is 27.2. The van der Waals surface area contributed by atoms with E-state index in [4.69, 9.17) is 0 Å². The Morgan fingerprint density at radius 3 is 2.46 bits per heavy atom. The summed E-state index contributed by atoms with van der Waals surface area (Å²) in [5.41, 5.74) is 4.29. The third kappa shape index (κ3) is 4.24. The number of hydrogen-bond acceptors (Lipinski definition) is 4. The molecule has 1 atom stereocenters. The molecule has 2 aromatic rings. The molecule has 2 rings (SSSR count). The third-order valence-electron chi connectivity index (χ3n) is 4.67. The Morgan fingerprint density at radius 2 is 1.92 bits per heavy atom. The van der Waals surface area contributed by atoms with Crippen LogP contribution in [-0.4, -0.2) is 30.0 Å². The Bertz CT molecular complexity index is 810. The monoisotopic (exact) mass is 349 g/mol. The van der Waals surface area contributed by atoms with Gasteiger partial charge in [0.2, 0.25) is 0 Å². The number of benzene rings is 1. The summed E-state index contributed by atoms with van der Waals surface area (Å²) in [6.45, 7) is 8.56. The average Bonchev–Trinajstić information content (AvgIpc) is 2.85. The van der Waals surface area contributed by atoms with Crippen molar-refractivity contribution in [2.75, 3.05) is 5.75 Å². The van der Waals surface area contributed by atoms with Gasteiger partial charge in [-0.05, 0) is 50.5 Å². The van der Waals surface area contributed by atoms with Gasteiger partial charge in [-0.2, -0.15) is 5.10 Å². The first-order valence-corrected chi connectivity index (χ1v) is 9.90. The Labute approximate surface area is 145 Å². The highest BCUT2D eigenvalue weighted by Gasteiger charge is 2.21. The van der Waals surface area contributed by atoms with Crippen LogP contribution in [0.15, 0.2) is 29.3 Å². The lowest BCUT2D eigenvalue weighted by Crippen LogP contribution is -2.35. The molecule has 6 heteroatoms. The summed E-state index contributed by atoms with van der Waals surface area (Å²) in [5.74, 6) is 0.102. The fraction of sp³-hybridized carbons (Fsp3) is 0.500. The molecule has 0 radical (unpaired) electrons. The zero-order chi connectivity index (χ0) is 17.9.